The lowest BCUT2D eigenvalue weighted by atomic mass is 10.0. The van der Waals surface area contributed by atoms with Crippen molar-refractivity contribution in [3.05, 3.63) is 30.6 Å². The molecule has 0 aliphatic carbocycles. The average molecular weight is 249 g/mol. The highest BCUT2D eigenvalue weighted by atomic mass is 16.5. The minimum atomic E-state index is -0.439. The summed E-state index contributed by atoms with van der Waals surface area (Å²) in [7, 11) is 1.68. The van der Waals surface area contributed by atoms with E-state index in [4.69, 9.17) is 10.5 Å². The summed E-state index contributed by atoms with van der Waals surface area (Å²) in [6, 6.07) is 0. The molecule has 0 saturated carbocycles. The predicted octanol–water partition coefficient (Wildman–Crippen LogP) is 0.909. The van der Waals surface area contributed by atoms with E-state index in [0.717, 1.165) is 17.9 Å². The van der Waals surface area contributed by atoms with Crippen LogP contribution in [0.15, 0.2) is 24.9 Å². The standard InChI is InChI=1S/C12H19N5O/c1-12(2,13)11-7-14-9-17(11)10-6-15-16(8-10)4-5-18-3/h6-9H,4-5,13H2,1-3H3. The second-order valence-electron chi connectivity index (χ2n) is 4.82. The summed E-state index contributed by atoms with van der Waals surface area (Å²) in [6.07, 6.45) is 7.29. The van der Waals surface area contributed by atoms with Gasteiger partial charge < -0.3 is 10.5 Å². The van der Waals surface area contributed by atoms with Crippen molar-refractivity contribution in [3.63, 3.8) is 0 Å². The van der Waals surface area contributed by atoms with Crippen molar-refractivity contribution in [2.45, 2.75) is 25.9 Å². The smallest absolute Gasteiger partial charge is 0.0995 e. The van der Waals surface area contributed by atoms with E-state index in [1.54, 1.807) is 25.8 Å². The monoisotopic (exact) mass is 249 g/mol. The molecular formula is C12H19N5O. The van der Waals surface area contributed by atoms with E-state index in [1.807, 2.05) is 29.3 Å². The summed E-state index contributed by atoms with van der Waals surface area (Å²) in [5.74, 6) is 0. The Balaban J connectivity index is 2.27. The van der Waals surface area contributed by atoms with Gasteiger partial charge in [0.15, 0.2) is 0 Å². The molecule has 0 fully saturated rings. The third-order valence-electron chi connectivity index (χ3n) is 2.72. The summed E-state index contributed by atoms with van der Waals surface area (Å²) in [5.41, 5.74) is 7.59. The van der Waals surface area contributed by atoms with E-state index in [1.165, 1.54) is 0 Å². The topological polar surface area (TPSA) is 70.9 Å². The van der Waals surface area contributed by atoms with Gasteiger partial charge in [-0.2, -0.15) is 5.10 Å². The first-order chi connectivity index (χ1) is 8.52. The van der Waals surface area contributed by atoms with Gasteiger partial charge in [-0.05, 0) is 13.8 Å². The first-order valence-electron chi connectivity index (χ1n) is 5.86. The summed E-state index contributed by atoms with van der Waals surface area (Å²) in [4.78, 5) is 4.16. The molecule has 0 aliphatic heterocycles. The van der Waals surface area contributed by atoms with Crippen LogP contribution in [0.4, 0.5) is 0 Å². The van der Waals surface area contributed by atoms with Crippen LogP contribution in [0.1, 0.15) is 19.5 Å². The molecule has 0 aliphatic rings. The van der Waals surface area contributed by atoms with Crippen molar-refractivity contribution in [2.24, 2.45) is 5.73 Å². The minimum absolute atomic E-state index is 0.439. The van der Waals surface area contributed by atoms with E-state index in [-0.39, 0.29) is 0 Å². The van der Waals surface area contributed by atoms with Crippen LogP contribution >= 0.6 is 0 Å². The van der Waals surface area contributed by atoms with Crippen molar-refractivity contribution < 1.29 is 4.74 Å². The van der Waals surface area contributed by atoms with Gasteiger partial charge in [0.2, 0.25) is 0 Å². The van der Waals surface area contributed by atoms with Crippen LogP contribution < -0.4 is 5.73 Å². The molecule has 18 heavy (non-hydrogen) atoms. The van der Waals surface area contributed by atoms with Crippen LogP contribution in [0.5, 0.6) is 0 Å². The zero-order valence-corrected chi connectivity index (χ0v) is 11.0. The zero-order chi connectivity index (χ0) is 13.2. The fourth-order valence-corrected chi connectivity index (χ4v) is 1.76. The Morgan fingerprint density at radius 2 is 2.17 bits per heavy atom. The maximum Gasteiger partial charge on any atom is 0.0995 e. The Hall–Kier alpha value is -1.66. The Labute approximate surface area is 106 Å². The molecule has 2 N–H and O–H groups in total. The molecule has 6 nitrogen and oxygen atoms in total. The quantitative estimate of drug-likeness (QED) is 0.855. The van der Waals surface area contributed by atoms with Gasteiger partial charge in [-0.1, -0.05) is 0 Å². The third kappa shape index (κ3) is 2.60. The van der Waals surface area contributed by atoms with E-state index in [9.17, 15) is 0 Å². The summed E-state index contributed by atoms with van der Waals surface area (Å²) in [5, 5.41) is 4.28. The molecule has 2 rings (SSSR count). The van der Waals surface area contributed by atoms with Gasteiger partial charge in [0.1, 0.15) is 0 Å². The molecule has 0 bridgehead atoms. The van der Waals surface area contributed by atoms with Crippen LogP contribution in [0.2, 0.25) is 0 Å². The van der Waals surface area contributed by atoms with E-state index in [2.05, 4.69) is 10.1 Å². The van der Waals surface area contributed by atoms with Crippen LogP contribution in [-0.2, 0) is 16.8 Å². The Bertz CT molecular complexity index is 509. The summed E-state index contributed by atoms with van der Waals surface area (Å²) < 4.78 is 8.82. The van der Waals surface area contributed by atoms with Gasteiger partial charge in [-0.25, -0.2) is 4.98 Å². The van der Waals surface area contributed by atoms with Crippen molar-refractivity contribution >= 4 is 0 Å². The number of nitrogens with zero attached hydrogens (tertiary/aromatic N) is 4. The highest BCUT2D eigenvalue weighted by molar-refractivity contribution is 5.30. The van der Waals surface area contributed by atoms with Crippen molar-refractivity contribution in [1.29, 1.82) is 0 Å². The maximum atomic E-state index is 6.12. The molecule has 0 saturated heterocycles. The molecule has 0 radical (unpaired) electrons. The fourth-order valence-electron chi connectivity index (χ4n) is 1.76. The van der Waals surface area contributed by atoms with Gasteiger partial charge in [0.25, 0.3) is 0 Å². The van der Waals surface area contributed by atoms with Crippen LogP contribution in [0, 0.1) is 0 Å². The Morgan fingerprint density at radius 1 is 1.39 bits per heavy atom. The van der Waals surface area contributed by atoms with Gasteiger partial charge in [0.05, 0.1) is 48.8 Å². The highest BCUT2D eigenvalue weighted by Gasteiger charge is 2.20. The molecule has 2 heterocycles. The number of imidazole rings is 1. The first kappa shape index (κ1) is 12.8. The molecule has 0 spiro atoms. The largest absolute Gasteiger partial charge is 0.383 e. The van der Waals surface area contributed by atoms with Crippen molar-refractivity contribution in [1.82, 2.24) is 19.3 Å². The lowest BCUT2D eigenvalue weighted by Crippen LogP contribution is -2.31. The fraction of sp³-hybridized carbons (Fsp3) is 0.500. The summed E-state index contributed by atoms with van der Waals surface area (Å²) >= 11 is 0. The predicted molar refractivity (Wildman–Crippen MR) is 68.4 cm³/mol. The number of hydrogen-bond acceptors (Lipinski definition) is 4. The molecular weight excluding hydrogens is 230 g/mol. The molecule has 98 valence electrons. The van der Waals surface area contributed by atoms with Crippen molar-refractivity contribution in [2.75, 3.05) is 13.7 Å². The number of methoxy groups -OCH3 is 1. The normalized spacial score (nSPS) is 12.0. The van der Waals surface area contributed by atoms with E-state index < -0.39 is 5.54 Å². The highest BCUT2D eigenvalue weighted by Crippen LogP contribution is 2.20. The molecule has 2 aromatic heterocycles. The number of nitrogens with two attached hydrogens (primary N) is 1. The number of rotatable bonds is 5. The SMILES string of the molecule is COCCn1cc(-n2cncc2C(C)(C)N)cn1. The maximum absolute atomic E-state index is 6.12. The number of ether oxygens (including phenoxy) is 1. The van der Waals surface area contributed by atoms with Gasteiger partial charge in [-0.3, -0.25) is 9.25 Å². The molecule has 2 aromatic rings. The van der Waals surface area contributed by atoms with Gasteiger partial charge in [0, 0.05) is 13.3 Å². The van der Waals surface area contributed by atoms with Gasteiger partial charge in [-0.15, -0.1) is 0 Å². The molecule has 0 unspecified atom stereocenters. The van der Waals surface area contributed by atoms with Crippen molar-refractivity contribution in [3.8, 4) is 5.69 Å². The van der Waals surface area contributed by atoms with Crippen LogP contribution in [0.3, 0.4) is 0 Å². The molecule has 6 heteroatoms. The lowest BCUT2D eigenvalue weighted by Gasteiger charge is -2.19. The first-order valence-corrected chi connectivity index (χ1v) is 5.86. The van der Waals surface area contributed by atoms with Crippen LogP contribution in [-0.4, -0.2) is 33.0 Å². The Morgan fingerprint density at radius 3 is 2.83 bits per heavy atom. The van der Waals surface area contributed by atoms with E-state index in [0.29, 0.717) is 6.61 Å². The molecule has 0 amide bonds. The summed E-state index contributed by atoms with van der Waals surface area (Å²) in [6.45, 7) is 5.28. The lowest BCUT2D eigenvalue weighted by molar-refractivity contribution is 0.183. The molecule has 0 aromatic carbocycles. The second-order valence-corrected chi connectivity index (χ2v) is 4.82. The van der Waals surface area contributed by atoms with Gasteiger partial charge >= 0.3 is 0 Å². The second kappa shape index (κ2) is 4.91. The number of hydrogen-bond donors (Lipinski definition) is 1. The third-order valence-corrected chi connectivity index (χ3v) is 2.72. The minimum Gasteiger partial charge on any atom is -0.383 e. The van der Waals surface area contributed by atoms with Crippen LogP contribution in [0.25, 0.3) is 5.69 Å². The zero-order valence-electron chi connectivity index (χ0n) is 11.0. The Kier molecular flexibility index (Phi) is 3.49. The number of aromatic nitrogens is 4. The average Bonchev–Trinajstić information content (AvgIpc) is 2.93. The van der Waals surface area contributed by atoms with E-state index >= 15 is 0 Å². The molecule has 0 atom stereocenters.